The zero-order valence-corrected chi connectivity index (χ0v) is 13.0. The van der Waals surface area contributed by atoms with Crippen LogP contribution < -0.4 is 5.73 Å². The summed E-state index contributed by atoms with van der Waals surface area (Å²) in [6.07, 6.45) is 1.53. The van der Waals surface area contributed by atoms with Gasteiger partial charge in [0.25, 0.3) is 5.91 Å². The molecule has 0 aliphatic carbocycles. The molecule has 4 heteroatoms. The predicted molar refractivity (Wildman–Crippen MR) is 90.0 cm³/mol. The first kappa shape index (κ1) is 15.7. The van der Waals surface area contributed by atoms with Gasteiger partial charge in [-0.3, -0.25) is 4.79 Å². The Morgan fingerprint density at radius 2 is 1.96 bits per heavy atom. The third kappa shape index (κ3) is 3.60. The van der Waals surface area contributed by atoms with Gasteiger partial charge in [0.05, 0.1) is 0 Å². The normalized spacial score (nSPS) is 17.5. The van der Waals surface area contributed by atoms with Crippen LogP contribution in [-0.4, -0.2) is 41.7 Å². The van der Waals surface area contributed by atoms with Gasteiger partial charge in [-0.25, -0.2) is 0 Å². The van der Waals surface area contributed by atoms with Crippen LogP contribution in [0, 0.1) is 6.07 Å². The molecular formula is C19H21N2O2. The number of benzene rings is 2. The SMILES string of the molecule is N[C@H]1CCN(C(=O)c2[c]cc(-c3ccc(CCO)cc3)cc2)C1. The molecule has 23 heavy (non-hydrogen) atoms. The topological polar surface area (TPSA) is 66.6 Å². The summed E-state index contributed by atoms with van der Waals surface area (Å²) in [6.45, 7) is 1.51. The number of carbonyl (C=O) groups excluding carboxylic acids is 1. The van der Waals surface area contributed by atoms with Gasteiger partial charge in [-0.2, -0.15) is 0 Å². The molecule has 3 rings (SSSR count). The minimum absolute atomic E-state index is 0.00259. The van der Waals surface area contributed by atoms with Gasteiger partial charge < -0.3 is 15.7 Å². The molecule has 2 aromatic carbocycles. The van der Waals surface area contributed by atoms with Gasteiger partial charge in [0, 0.05) is 31.3 Å². The molecule has 1 saturated heterocycles. The zero-order valence-electron chi connectivity index (χ0n) is 13.0. The maximum absolute atomic E-state index is 12.4. The van der Waals surface area contributed by atoms with E-state index in [0.29, 0.717) is 18.5 Å². The van der Waals surface area contributed by atoms with E-state index in [2.05, 4.69) is 6.07 Å². The summed E-state index contributed by atoms with van der Waals surface area (Å²) >= 11 is 0. The van der Waals surface area contributed by atoms with Crippen molar-refractivity contribution in [2.45, 2.75) is 18.9 Å². The van der Waals surface area contributed by atoms with Gasteiger partial charge in [-0.15, -0.1) is 0 Å². The number of nitrogens with zero attached hydrogens (tertiary/aromatic N) is 1. The van der Waals surface area contributed by atoms with Crippen LogP contribution in [-0.2, 0) is 6.42 Å². The van der Waals surface area contributed by atoms with Gasteiger partial charge in [0.15, 0.2) is 0 Å². The first-order valence-electron chi connectivity index (χ1n) is 7.94. The fourth-order valence-electron chi connectivity index (χ4n) is 2.87. The molecule has 1 atom stereocenters. The van der Waals surface area contributed by atoms with Crippen molar-refractivity contribution in [1.82, 2.24) is 4.90 Å². The first-order chi connectivity index (χ1) is 11.2. The van der Waals surface area contributed by atoms with Crippen LogP contribution in [0.4, 0.5) is 0 Å². The van der Waals surface area contributed by atoms with E-state index in [9.17, 15) is 4.79 Å². The summed E-state index contributed by atoms with van der Waals surface area (Å²) in [7, 11) is 0. The maximum Gasteiger partial charge on any atom is 0.254 e. The molecule has 1 fully saturated rings. The summed E-state index contributed by atoms with van der Waals surface area (Å²) < 4.78 is 0. The molecule has 2 aromatic rings. The van der Waals surface area contributed by atoms with Crippen molar-refractivity contribution in [2.75, 3.05) is 19.7 Å². The second-order valence-corrected chi connectivity index (χ2v) is 5.96. The monoisotopic (exact) mass is 309 g/mol. The summed E-state index contributed by atoms with van der Waals surface area (Å²) in [5, 5.41) is 8.95. The van der Waals surface area contributed by atoms with Crippen molar-refractivity contribution in [3.05, 3.63) is 59.7 Å². The van der Waals surface area contributed by atoms with Crippen molar-refractivity contribution >= 4 is 5.91 Å². The zero-order chi connectivity index (χ0) is 16.2. The highest BCUT2D eigenvalue weighted by Gasteiger charge is 2.24. The molecule has 0 saturated carbocycles. The van der Waals surface area contributed by atoms with Crippen molar-refractivity contribution in [1.29, 1.82) is 0 Å². The third-order valence-corrected chi connectivity index (χ3v) is 4.24. The van der Waals surface area contributed by atoms with Crippen molar-refractivity contribution in [2.24, 2.45) is 5.73 Å². The van der Waals surface area contributed by atoms with Gasteiger partial charge in [-0.05, 0) is 47.7 Å². The molecule has 1 heterocycles. The number of aliphatic hydroxyl groups excluding tert-OH is 1. The minimum atomic E-state index is 0.00259. The van der Waals surface area contributed by atoms with E-state index >= 15 is 0 Å². The van der Waals surface area contributed by atoms with Crippen LogP contribution >= 0.6 is 0 Å². The molecule has 0 unspecified atom stereocenters. The Morgan fingerprint density at radius 3 is 2.52 bits per heavy atom. The molecule has 1 amide bonds. The number of hydrogen-bond donors (Lipinski definition) is 2. The van der Waals surface area contributed by atoms with E-state index in [-0.39, 0.29) is 18.6 Å². The van der Waals surface area contributed by atoms with E-state index in [1.54, 1.807) is 4.90 Å². The predicted octanol–water partition coefficient (Wildman–Crippen LogP) is 1.86. The Hall–Kier alpha value is -2.17. The summed E-state index contributed by atoms with van der Waals surface area (Å²) in [4.78, 5) is 14.2. The van der Waals surface area contributed by atoms with Gasteiger partial charge >= 0.3 is 0 Å². The molecule has 0 bridgehead atoms. The fraction of sp³-hybridized carbons (Fsp3) is 0.316. The molecule has 1 aliphatic heterocycles. The molecule has 0 aromatic heterocycles. The van der Waals surface area contributed by atoms with Crippen molar-refractivity contribution in [3.8, 4) is 11.1 Å². The number of hydrogen-bond acceptors (Lipinski definition) is 3. The second-order valence-electron chi connectivity index (χ2n) is 5.96. The Balaban J connectivity index is 1.72. The Morgan fingerprint density at radius 1 is 1.22 bits per heavy atom. The third-order valence-electron chi connectivity index (χ3n) is 4.24. The van der Waals surface area contributed by atoms with E-state index in [1.807, 2.05) is 42.5 Å². The first-order valence-corrected chi connectivity index (χ1v) is 7.94. The van der Waals surface area contributed by atoms with Crippen LogP contribution in [0.5, 0.6) is 0 Å². The fourth-order valence-corrected chi connectivity index (χ4v) is 2.87. The Labute approximate surface area is 136 Å². The molecule has 1 aliphatic rings. The summed E-state index contributed by atoms with van der Waals surface area (Å²) in [5.41, 5.74) is 9.64. The number of amides is 1. The standard InChI is InChI=1S/C19H21N2O2/c20-18-9-11-21(13-18)19(23)17-7-5-16(6-8-17)15-3-1-14(2-4-15)10-12-22/h1-7,18,22H,9-13,20H2/t18-/m0/s1. The van der Waals surface area contributed by atoms with Gasteiger partial charge in [-0.1, -0.05) is 30.3 Å². The number of rotatable bonds is 4. The van der Waals surface area contributed by atoms with E-state index in [0.717, 1.165) is 29.7 Å². The summed E-state index contributed by atoms with van der Waals surface area (Å²) in [6, 6.07) is 16.9. The van der Waals surface area contributed by atoms with Gasteiger partial charge in [0.2, 0.25) is 0 Å². The van der Waals surface area contributed by atoms with Crippen LogP contribution in [0.3, 0.4) is 0 Å². The second kappa shape index (κ2) is 6.94. The van der Waals surface area contributed by atoms with E-state index in [1.165, 1.54) is 0 Å². The van der Waals surface area contributed by atoms with Crippen LogP contribution in [0.2, 0.25) is 0 Å². The average Bonchev–Trinajstić information content (AvgIpc) is 3.02. The molecule has 119 valence electrons. The molecule has 1 radical (unpaired) electrons. The number of carbonyl (C=O) groups is 1. The minimum Gasteiger partial charge on any atom is -0.396 e. The summed E-state index contributed by atoms with van der Waals surface area (Å²) in [5.74, 6) is 0.00259. The maximum atomic E-state index is 12.4. The highest BCUT2D eigenvalue weighted by atomic mass is 16.3. The smallest absolute Gasteiger partial charge is 0.254 e. The number of nitrogens with two attached hydrogens (primary N) is 1. The largest absolute Gasteiger partial charge is 0.396 e. The average molecular weight is 309 g/mol. The molecule has 3 N–H and O–H groups in total. The molecular weight excluding hydrogens is 288 g/mol. The Bertz CT molecular complexity index is 665. The lowest BCUT2D eigenvalue weighted by molar-refractivity contribution is 0.0790. The lowest BCUT2D eigenvalue weighted by Gasteiger charge is -2.15. The lowest BCUT2D eigenvalue weighted by atomic mass is 10.0. The molecule has 0 spiro atoms. The van der Waals surface area contributed by atoms with E-state index in [4.69, 9.17) is 10.8 Å². The van der Waals surface area contributed by atoms with Crippen molar-refractivity contribution < 1.29 is 9.90 Å². The number of aliphatic hydroxyl groups is 1. The quantitative estimate of drug-likeness (QED) is 0.906. The molecule has 4 nitrogen and oxygen atoms in total. The Kier molecular flexibility index (Phi) is 4.74. The van der Waals surface area contributed by atoms with Crippen molar-refractivity contribution in [3.63, 3.8) is 0 Å². The van der Waals surface area contributed by atoms with E-state index < -0.39 is 0 Å². The lowest BCUT2D eigenvalue weighted by Crippen LogP contribution is -2.31. The highest BCUT2D eigenvalue weighted by molar-refractivity contribution is 5.94. The van der Waals surface area contributed by atoms with Crippen LogP contribution in [0.25, 0.3) is 11.1 Å². The van der Waals surface area contributed by atoms with Crippen LogP contribution in [0.1, 0.15) is 22.3 Å². The highest BCUT2D eigenvalue weighted by Crippen LogP contribution is 2.21. The number of likely N-dealkylation sites (tertiary alicyclic amines) is 1. The van der Waals surface area contributed by atoms with Gasteiger partial charge in [0.1, 0.15) is 0 Å². The van der Waals surface area contributed by atoms with Crippen LogP contribution in [0.15, 0.2) is 42.5 Å².